The van der Waals surface area contributed by atoms with Crippen molar-refractivity contribution in [3.05, 3.63) is 30.3 Å². The molecular weight excluding hydrogens is 328 g/mol. The number of hydrogen-bond donors (Lipinski definition) is 0. The highest BCUT2D eigenvalue weighted by Crippen LogP contribution is 2.46. The average molecular weight is 352 g/mol. The fourth-order valence-corrected chi connectivity index (χ4v) is 4.61. The summed E-state index contributed by atoms with van der Waals surface area (Å²) in [4.78, 5) is 1.15. The quantitative estimate of drug-likeness (QED) is 0.833. The van der Waals surface area contributed by atoms with E-state index in [1.807, 2.05) is 45.9 Å². The number of benzene rings is 1. The third kappa shape index (κ3) is 3.23. The van der Waals surface area contributed by atoms with Crippen LogP contribution in [0.2, 0.25) is 0 Å². The Morgan fingerprint density at radius 2 is 1.58 bits per heavy atom. The molecular formula is C18H24O5S. The van der Waals surface area contributed by atoms with Crippen LogP contribution in [-0.2, 0) is 23.7 Å². The summed E-state index contributed by atoms with van der Waals surface area (Å²) in [6, 6.07) is 10.2. The summed E-state index contributed by atoms with van der Waals surface area (Å²) in [7, 11) is 0. The minimum Gasteiger partial charge on any atom is -0.356 e. The van der Waals surface area contributed by atoms with Gasteiger partial charge in [0.15, 0.2) is 11.6 Å². The lowest BCUT2D eigenvalue weighted by Gasteiger charge is -2.26. The minimum atomic E-state index is -0.609. The number of ether oxygens (including phenoxy) is 5. The third-order valence-electron chi connectivity index (χ3n) is 4.44. The van der Waals surface area contributed by atoms with E-state index < -0.39 is 11.6 Å². The van der Waals surface area contributed by atoms with Crippen molar-refractivity contribution in [3.8, 4) is 0 Å². The fraction of sp³-hybridized carbons (Fsp3) is 0.667. The van der Waals surface area contributed by atoms with E-state index in [1.54, 1.807) is 11.8 Å². The number of thioether (sulfide) groups is 1. The summed E-state index contributed by atoms with van der Waals surface area (Å²) >= 11 is 1.67. The van der Waals surface area contributed by atoms with Gasteiger partial charge in [0.05, 0.1) is 6.61 Å². The Bertz CT molecular complexity index is 590. The molecule has 3 heterocycles. The number of fused-ring (bicyclic) bond motifs is 1. The van der Waals surface area contributed by atoms with Crippen LogP contribution in [0, 0.1) is 0 Å². The summed E-state index contributed by atoms with van der Waals surface area (Å²) in [5.74, 6) is -1.19. The van der Waals surface area contributed by atoms with E-state index in [2.05, 4.69) is 12.1 Å². The summed E-state index contributed by atoms with van der Waals surface area (Å²) in [6.45, 7) is 8.25. The summed E-state index contributed by atoms with van der Waals surface area (Å²) < 4.78 is 30.3. The maximum Gasteiger partial charge on any atom is 0.164 e. The first-order valence-electron chi connectivity index (χ1n) is 8.38. The van der Waals surface area contributed by atoms with E-state index in [0.717, 1.165) is 4.90 Å². The molecule has 3 saturated heterocycles. The van der Waals surface area contributed by atoms with Gasteiger partial charge in [-0.15, -0.1) is 0 Å². The summed E-state index contributed by atoms with van der Waals surface area (Å²) in [5.41, 5.74) is -0.128. The van der Waals surface area contributed by atoms with Crippen molar-refractivity contribution in [2.75, 3.05) is 6.61 Å². The second-order valence-electron chi connectivity index (χ2n) is 7.33. The van der Waals surface area contributed by atoms with E-state index >= 15 is 0 Å². The van der Waals surface area contributed by atoms with Crippen LogP contribution in [0.15, 0.2) is 35.2 Å². The molecule has 6 heteroatoms. The zero-order chi connectivity index (χ0) is 16.9. The van der Waals surface area contributed by atoms with Crippen LogP contribution in [0.5, 0.6) is 0 Å². The highest BCUT2D eigenvalue weighted by Gasteiger charge is 2.59. The first-order chi connectivity index (χ1) is 11.3. The van der Waals surface area contributed by atoms with Crippen molar-refractivity contribution in [2.24, 2.45) is 0 Å². The lowest BCUT2D eigenvalue weighted by atomic mass is 10.1. The highest BCUT2D eigenvalue weighted by molar-refractivity contribution is 7.99. The van der Waals surface area contributed by atoms with Crippen molar-refractivity contribution in [3.63, 3.8) is 0 Å². The molecule has 1 aromatic rings. The Morgan fingerprint density at radius 3 is 2.25 bits per heavy atom. The molecule has 0 aliphatic carbocycles. The van der Waals surface area contributed by atoms with Gasteiger partial charge in [0, 0.05) is 4.90 Å². The normalized spacial score (nSPS) is 39.9. The molecule has 5 atom stereocenters. The van der Waals surface area contributed by atoms with Crippen LogP contribution >= 0.6 is 11.8 Å². The predicted molar refractivity (Wildman–Crippen MR) is 89.7 cm³/mol. The zero-order valence-electron chi connectivity index (χ0n) is 14.4. The molecule has 0 bridgehead atoms. The molecule has 0 N–H and O–H groups in total. The Morgan fingerprint density at radius 1 is 0.875 bits per heavy atom. The van der Waals surface area contributed by atoms with E-state index in [9.17, 15) is 0 Å². The van der Waals surface area contributed by atoms with Gasteiger partial charge in [-0.3, -0.25) is 0 Å². The predicted octanol–water partition coefficient (Wildman–Crippen LogP) is 3.18. The van der Waals surface area contributed by atoms with Gasteiger partial charge >= 0.3 is 0 Å². The first kappa shape index (κ1) is 16.8. The molecule has 3 aliphatic heterocycles. The molecule has 3 aliphatic rings. The maximum absolute atomic E-state index is 6.31. The second-order valence-corrected chi connectivity index (χ2v) is 8.50. The summed E-state index contributed by atoms with van der Waals surface area (Å²) in [6.07, 6.45) is -0.614. The van der Waals surface area contributed by atoms with Crippen LogP contribution in [0.4, 0.5) is 0 Å². The molecule has 0 radical (unpaired) electrons. The molecule has 1 aromatic carbocycles. The van der Waals surface area contributed by atoms with Gasteiger partial charge in [0.2, 0.25) is 0 Å². The van der Waals surface area contributed by atoms with Crippen LogP contribution in [-0.4, -0.2) is 48.0 Å². The average Bonchev–Trinajstić information content (AvgIpc) is 3.12. The minimum absolute atomic E-state index is 0.123. The fourth-order valence-electron chi connectivity index (χ4n) is 3.50. The van der Waals surface area contributed by atoms with Crippen molar-refractivity contribution >= 4 is 11.8 Å². The topological polar surface area (TPSA) is 46.2 Å². The number of rotatable bonds is 3. The van der Waals surface area contributed by atoms with Crippen LogP contribution in [0.3, 0.4) is 0 Å². The Balaban J connectivity index is 1.54. The molecule has 0 aromatic heterocycles. The Labute approximate surface area is 146 Å². The maximum atomic E-state index is 6.31. The molecule has 132 valence electrons. The SMILES string of the molecule is CC1(C)OCC([C@H]2O[C@@H](Sc3ccccc3)C3OC(C)(C)OC32)O1. The van der Waals surface area contributed by atoms with E-state index in [4.69, 9.17) is 23.7 Å². The molecule has 3 unspecified atom stereocenters. The molecule has 3 fully saturated rings. The van der Waals surface area contributed by atoms with Gasteiger partial charge in [-0.25, -0.2) is 0 Å². The van der Waals surface area contributed by atoms with Crippen LogP contribution in [0.25, 0.3) is 0 Å². The largest absolute Gasteiger partial charge is 0.356 e. The van der Waals surface area contributed by atoms with Gasteiger partial charge in [-0.05, 0) is 39.8 Å². The standard InChI is InChI=1S/C18H24O5S/c1-17(2)19-10-12(21-17)13-14-15(23-18(3,4)22-14)16(20-13)24-11-8-6-5-7-9-11/h5-9,12-16H,10H2,1-4H3/t12?,13-,14?,15?,16+/m1/s1. The van der Waals surface area contributed by atoms with Crippen LogP contribution in [0.1, 0.15) is 27.7 Å². The van der Waals surface area contributed by atoms with Crippen LogP contribution < -0.4 is 0 Å². The Hall–Kier alpha value is -0.630. The molecule has 0 saturated carbocycles. The van der Waals surface area contributed by atoms with Crippen molar-refractivity contribution in [1.29, 1.82) is 0 Å². The van der Waals surface area contributed by atoms with Crippen molar-refractivity contribution < 1.29 is 23.7 Å². The molecule has 5 nitrogen and oxygen atoms in total. The zero-order valence-corrected chi connectivity index (χ0v) is 15.2. The van der Waals surface area contributed by atoms with E-state index in [1.165, 1.54) is 0 Å². The van der Waals surface area contributed by atoms with Crippen molar-refractivity contribution in [2.45, 2.75) is 74.0 Å². The highest BCUT2D eigenvalue weighted by atomic mass is 32.2. The summed E-state index contributed by atoms with van der Waals surface area (Å²) in [5, 5.41) is 0. The lowest BCUT2D eigenvalue weighted by Crippen LogP contribution is -2.40. The van der Waals surface area contributed by atoms with Gasteiger partial charge in [-0.1, -0.05) is 30.0 Å². The molecule has 0 spiro atoms. The lowest BCUT2D eigenvalue weighted by molar-refractivity contribution is -0.198. The second kappa shape index (κ2) is 5.97. The first-order valence-corrected chi connectivity index (χ1v) is 9.26. The smallest absolute Gasteiger partial charge is 0.164 e. The van der Waals surface area contributed by atoms with Gasteiger partial charge in [0.25, 0.3) is 0 Å². The molecule has 24 heavy (non-hydrogen) atoms. The Kier molecular flexibility index (Phi) is 4.18. The van der Waals surface area contributed by atoms with Crippen molar-refractivity contribution in [1.82, 2.24) is 0 Å². The van der Waals surface area contributed by atoms with E-state index in [-0.39, 0.29) is 29.9 Å². The monoisotopic (exact) mass is 352 g/mol. The third-order valence-corrected chi connectivity index (χ3v) is 5.60. The van der Waals surface area contributed by atoms with Gasteiger partial charge in [-0.2, -0.15) is 0 Å². The number of hydrogen-bond acceptors (Lipinski definition) is 6. The molecule has 0 amide bonds. The van der Waals surface area contributed by atoms with Gasteiger partial charge in [0.1, 0.15) is 29.9 Å². The molecule has 4 rings (SSSR count). The van der Waals surface area contributed by atoms with Gasteiger partial charge < -0.3 is 23.7 Å². The van der Waals surface area contributed by atoms with E-state index in [0.29, 0.717) is 6.61 Å².